The first-order chi connectivity index (χ1) is 13.4. The lowest BCUT2D eigenvalue weighted by atomic mass is 10.1. The molecule has 0 saturated heterocycles. The molecule has 0 aliphatic rings. The first-order valence-electron chi connectivity index (χ1n) is 9.14. The van der Waals surface area contributed by atoms with Crippen LogP contribution in [0, 0.1) is 26.6 Å². The van der Waals surface area contributed by atoms with Crippen molar-refractivity contribution >= 4 is 17.5 Å². The molecular formula is C22H23FN4O. The summed E-state index contributed by atoms with van der Waals surface area (Å²) in [5, 5.41) is 5.98. The van der Waals surface area contributed by atoms with Crippen molar-refractivity contribution in [2.45, 2.75) is 27.2 Å². The molecule has 5 nitrogen and oxygen atoms in total. The summed E-state index contributed by atoms with van der Waals surface area (Å²) in [7, 11) is 0. The number of amides is 1. The zero-order valence-electron chi connectivity index (χ0n) is 16.2. The van der Waals surface area contributed by atoms with E-state index in [1.54, 1.807) is 31.2 Å². The third-order valence-corrected chi connectivity index (χ3v) is 4.36. The van der Waals surface area contributed by atoms with Crippen LogP contribution in [0.3, 0.4) is 0 Å². The molecule has 1 amide bonds. The largest absolute Gasteiger partial charge is 0.354 e. The third kappa shape index (κ3) is 4.91. The van der Waals surface area contributed by atoms with E-state index >= 15 is 0 Å². The summed E-state index contributed by atoms with van der Waals surface area (Å²) in [6.45, 7) is 6.18. The first kappa shape index (κ1) is 19.5. The number of benzene rings is 2. The molecule has 0 radical (unpaired) electrons. The maximum Gasteiger partial charge on any atom is 0.274 e. The van der Waals surface area contributed by atoms with Crippen molar-refractivity contribution in [1.29, 1.82) is 0 Å². The van der Waals surface area contributed by atoms with E-state index in [1.165, 1.54) is 6.07 Å². The van der Waals surface area contributed by atoms with Crippen molar-refractivity contribution in [3.05, 3.63) is 82.4 Å². The molecule has 28 heavy (non-hydrogen) atoms. The predicted octanol–water partition coefficient (Wildman–Crippen LogP) is 4.45. The quantitative estimate of drug-likeness (QED) is 0.665. The van der Waals surface area contributed by atoms with Gasteiger partial charge in [0, 0.05) is 17.9 Å². The van der Waals surface area contributed by atoms with Crippen LogP contribution < -0.4 is 10.6 Å². The Hall–Kier alpha value is -3.28. The Morgan fingerprint density at radius 2 is 1.82 bits per heavy atom. The van der Waals surface area contributed by atoms with Crippen LogP contribution in [0.15, 0.2) is 48.5 Å². The fourth-order valence-electron chi connectivity index (χ4n) is 2.83. The van der Waals surface area contributed by atoms with Crippen molar-refractivity contribution in [2.24, 2.45) is 0 Å². The minimum absolute atomic E-state index is 0.233. The van der Waals surface area contributed by atoms with Crippen molar-refractivity contribution in [3.8, 4) is 0 Å². The highest BCUT2D eigenvalue weighted by atomic mass is 19.1. The Morgan fingerprint density at radius 1 is 1.04 bits per heavy atom. The molecule has 2 aromatic carbocycles. The number of nitrogens with zero attached hydrogens (tertiary/aromatic N) is 2. The normalized spacial score (nSPS) is 10.6. The number of halogens is 1. The Morgan fingerprint density at radius 3 is 2.61 bits per heavy atom. The van der Waals surface area contributed by atoms with E-state index in [-0.39, 0.29) is 17.4 Å². The van der Waals surface area contributed by atoms with Gasteiger partial charge < -0.3 is 10.6 Å². The maximum atomic E-state index is 13.7. The number of aromatic nitrogens is 2. The molecular weight excluding hydrogens is 355 g/mol. The van der Waals surface area contributed by atoms with Crippen molar-refractivity contribution in [2.75, 3.05) is 17.2 Å². The topological polar surface area (TPSA) is 66.9 Å². The maximum absolute atomic E-state index is 13.7. The van der Waals surface area contributed by atoms with Gasteiger partial charge in [-0.15, -0.1) is 0 Å². The summed E-state index contributed by atoms with van der Waals surface area (Å²) in [6, 6.07) is 14.2. The molecule has 2 N–H and O–H groups in total. The smallest absolute Gasteiger partial charge is 0.274 e. The molecule has 1 heterocycles. The molecule has 1 aromatic heterocycles. The second kappa shape index (κ2) is 8.61. The lowest BCUT2D eigenvalue weighted by Gasteiger charge is -2.11. The summed E-state index contributed by atoms with van der Waals surface area (Å²) in [6.07, 6.45) is 0.494. The van der Waals surface area contributed by atoms with Crippen LogP contribution in [0.2, 0.25) is 0 Å². The number of anilines is 2. The molecule has 0 aliphatic carbocycles. The number of hydrogen-bond donors (Lipinski definition) is 2. The molecule has 0 unspecified atom stereocenters. The van der Waals surface area contributed by atoms with Crippen molar-refractivity contribution in [3.63, 3.8) is 0 Å². The van der Waals surface area contributed by atoms with Crippen LogP contribution in [0.5, 0.6) is 0 Å². The van der Waals surface area contributed by atoms with Crippen LogP contribution in [0.4, 0.5) is 16.0 Å². The van der Waals surface area contributed by atoms with Gasteiger partial charge in [0.05, 0.1) is 0 Å². The SMILES string of the molecule is Cc1ccc(C)c(NC(=O)c2cc(C)nc(NCCc3ccccc3F)n2)c1. The van der Waals surface area contributed by atoms with E-state index in [0.29, 0.717) is 30.2 Å². The zero-order valence-corrected chi connectivity index (χ0v) is 16.2. The minimum atomic E-state index is -0.295. The first-order valence-corrected chi connectivity index (χ1v) is 9.14. The molecule has 0 aliphatic heterocycles. The van der Waals surface area contributed by atoms with Gasteiger partial charge in [-0.25, -0.2) is 14.4 Å². The molecule has 0 saturated carbocycles. The van der Waals surface area contributed by atoms with Crippen LogP contribution in [0.1, 0.15) is 32.9 Å². The number of rotatable bonds is 6. The molecule has 0 atom stereocenters. The Kier molecular flexibility index (Phi) is 5.99. The highest BCUT2D eigenvalue weighted by molar-refractivity contribution is 6.03. The van der Waals surface area contributed by atoms with Gasteiger partial charge in [-0.1, -0.05) is 30.3 Å². The van der Waals surface area contributed by atoms with Gasteiger partial charge in [0.2, 0.25) is 5.95 Å². The Bertz CT molecular complexity index is 1000. The number of carbonyl (C=O) groups is 1. The molecule has 0 spiro atoms. The van der Waals surface area contributed by atoms with Gasteiger partial charge in [0.25, 0.3) is 5.91 Å². The highest BCUT2D eigenvalue weighted by Crippen LogP contribution is 2.17. The summed E-state index contributed by atoms with van der Waals surface area (Å²) in [5.74, 6) is -0.179. The Labute approximate surface area is 164 Å². The van der Waals surface area contributed by atoms with Crippen molar-refractivity contribution in [1.82, 2.24) is 9.97 Å². The standard InChI is InChI=1S/C22H23FN4O/c1-14-8-9-15(2)19(12-14)26-21(28)20-13-16(3)25-22(27-20)24-11-10-17-6-4-5-7-18(17)23/h4-9,12-13H,10-11H2,1-3H3,(H,26,28)(H,24,25,27). The van der Waals surface area contributed by atoms with E-state index < -0.39 is 0 Å². The second-order valence-corrected chi connectivity index (χ2v) is 6.76. The van der Waals surface area contributed by atoms with E-state index in [2.05, 4.69) is 20.6 Å². The number of hydrogen-bond acceptors (Lipinski definition) is 4. The van der Waals surface area contributed by atoms with E-state index in [1.807, 2.05) is 32.0 Å². The fourth-order valence-corrected chi connectivity index (χ4v) is 2.83. The van der Waals surface area contributed by atoms with Gasteiger partial charge in [-0.05, 0) is 62.1 Å². The van der Waals surface area contributed by atoms with E-state index in [4.69, 9.17) is 0 Å². The summed E-state index contributed by atoms with van der Waals surface area (Å²) >= 11 is 0. The number of aryl methyl sites for hydroxylation is 3. The fraction of sp³-hybridized carbons (Fsp3) is 0.227. The van der Waals surface area contributed by atoms with E-state index in [9.17, 15) is 9.18 Å². The Balaban J connectivity index is 1.69. The molecule has 6 heteroatoms. The predicted molar refractivity (Wildman–Crippen MR) is 109 cm³/mol. The molecule has 3 aromatic rings. The van der Waals surface area contributed by atoms with Crippen LogP contribution in [-0.4, -0.2) is 22.4 Å². The summed E-state index contributed by atoms with van der Waals surface area (Å²) in [5.41, 5.74) is 4.38. The van der Waals surface area contributed by atoms with Gasteiger partial charge in [-0.3, -0.25) is 4.79 Å². The number of carbonyl (C=O) groups excluding carboxylic acids is 1. The van der Waals surface area contributed by atoms with Crippen LogP contribution in [0.25, 0.3) is 0 Å². The van der Waals surface area contributed by atoms with Crippen LogP contribution >= 0.6 is 0 Å². The summed E-state index contributed by atoms with van der Waals surface area (Å²) in [4.78, 5) is 21.3. The third-order valence-electron chi connectivity index (χ3n) is 4.36. The van der Waals surface area contributed by atoms with Gasteiger partial charge in [0.15, 0.2) is 0 Å². The molecule has 3 rings (SSSR count). The van der Waals surface area contributed by atoms with Gasteiger partial charge in [0.1, 0.15) is 11.5 Å². The number of nitrogens with one attached hydrogen (secondary N) is 2. The zero-order chi connectivity index (χ0) is 20.1. The molecule has 0 fully saturated rings. The lowest BCUT2D eigenvalue weighted by Crippen LogP contribution is -2.17. The molecule has 144 valence electrons. The minimum Gasteiger partial charge on any atom is -0.354 e. The second-order valence-electron chi connectivity index (χ2n) is 6.76. The van der Waals surface area contributed by atoms with E-state index in [0.717, 1.165) is 16.8 Å². The lowest BCUT2D eigenvalue weighted by molar-refractivity contribution is 0.102. The highest BCUT2D eigenvalue weighted by Gasteiger charge is 2.12. The average molecular weight is 378 g/mol. The molecule has 0 bridgehead atoms. The monoisotopic (exact) mass is 378 g/mol. The summed E-state index contributed by atoms with van der Waals surface area (Å²) < 4.78 is 13.7. The van der Waals surface area contributed by atoms with Gasteiger partial charge in [-0.2, -0.15) is 0 Å². The van der Waals surface area contributed by atoms with Crippen LogP contribution in [-0.2, 0) is 6.42 Å². The van der Waals surface area contributed by atoms with Gasteiger partial charge >= 0.3 is 0 Å². The average Bonchev–Trinajstić information content (AvgIpc) is 2.66. The van der Waals surface area contributed by atoms with Crippen molar-refractivity contribution < 1.29 is 9.18 Å².